The van der Waals surface area contributed by atoms with E-state index in [2.05, 4.69) is 22.8 Å². The number of anilines is 2. The number of nitrogens with one attached hydrogen (secondary N) is 2. The van der Waals surface area contributed by atoms with Gasteiger partial charge in [-0.15, -0.1) is 0 Å². The van der Waals surface area contributed by atoms with Gasteiger partial charge >= 0.3 is 12.2 Å². The second-order valence-electron chi connectivity index (χ2n) is 9.64. The maximum Gasteiger partial charge on any atom is 0.416 e. The summed E-state index contributed by atoms with van der Waals surface area (Å²) in [6.07, 6.45) is -3.74. The van der Waals surface area contributed by atoms with E-state index in [1.54, 1.807) is 31.4 Å². The first-order chi connectivity index (χ1) is 20.7. The van der Waals surface area contributed by atoms with E-state index in [4.69, 9.17) is 19.2 Å². The van der Waals surface area contributed by atoms with Crippen molar-refractivity contribution in [2.75, 3.05) is 24.4 Å². The standard InChI is InChI=1S/C33H28F3N3O4/c1-21-29(17-23-18-30(41-2)31(20-28(23)37-21)42-16-15-22-7-4-3-5-8-22)43-27-13-11-25(12-14-27)38-32(40)39-26-10-6-9-24(19-26)33(34,35)36/h3-14,17-20H,15-16H2,1-2H3,(H2,38,39,40). The van der Waals surface area contributed by atoms with Gasteiger partial charge in [0.25, 0.3) is 0 Å². The van der Waals surface area contributed by atoms with E-state index in [1.165, 1.54) is 17.7 Å². The second kappa shape index (κ2) is 12.7. The van der Waals surface area contributed by atoms with E-state index in [0.717, 1.165) is 29.5 Å². The third-order valence-electron chi connectivity index (χ3n) is 6.52. The van der Waals surface area contributed by atoms with E-state index < -0.39 is 17.8 Å². The normalized spacial score (nSPS) is 11.2. The highest BCUT2D eigenvalue weighted by atomic mass is 19.4. The van der Waals surface area contributed by atoms with E-state index in [1.807, 2.05) is 43.3 Å². The molecule has 0 fully saturated rings. The first kappa shape index (κ1) is 29.2. The minimum Gasteiger partial charge on any atom is -0.493 e. The lowest BCUT2D eigenvalue weighted by Gasteiger charge is -2.14. The summed E-state index contributed by atoms with van der Waals surface area (Å²) in [5.74, 6) is 2.22. The zero-order valence-corrected chi connectivity index (χ0v) is 23.4. The van der Waals surface area contributed by atoms with Crippen molar-refractivity contribution in [3.8, 4) is 23.0 Å². The van der Waals surface area contributed by atoms with Crippen molar-refractivity contribution < 1.29 is 32.2 Å². The van der Waals surface area contributed by atoms with Crippen LogP contribution in [0.5, 0.6) is 23.0 Å². The van der Waals surface area contributed by atoms with Crippen molar-refractivity contribution in [3.05, 3.63) is 114 Å². The van der Waals surface area contributed by atoms with Crippen LogP contribution in [0, 0.1) is 6.92 Å². The molecular formula is C33H28F3N3O4. The maximum absolute atomic E-state index is 12.9. The van der Waals surface area contributed by atoms with Gasteiger partial charge in [-0.2, -0.15) is 13.2 Å². The van der Waals surface area contributed by atoms with E-state index in [0.29, 0.717) is 41.0 Å². The van der Waals surface area contributed by atoms with Crippen LogP contribution in [-0.2, 0) is 12.6 Å². The number of hydrogen-bond acceptors (Lipinski definition) is 5. The molecule has 7 nitrogen and oxygen atoms in total. The summed E-state index contributed by atoms with van der Waals surface area (Å²) in [7, 11) is 1.58. The lowest BCUT2D eigenvalue weighted by atomic mass is 10.1. The molecule has 0 saturated heterocycles. The van der Waals surface area contributed by atoms with Gasteiger partial charge in [0.2, 0.25) is 0 Å². The monoisotopic (exact) mass is 587 g/mol. The van der Waals surface area contributed by atoms with Gasteiger partial charge in [-0.1, -0.05) is 36.4 Å². The summed E-state index contributed by atoms with van der Waals surface area (Å²) in [5, 5.41) is 5.80. The molecule has 0 aliphatic rings. The summed E-state index contributed by atoms with van der Waals surface area (Å²) in [5.41, 5.74) is 2.17. The number of aromatic nitrogens is 1. The molecule has 0 saturated carbocycles. The molecule has 10 heteroatoms. The first-order valence-corrected chi connectivity index (χ1v) is 13.4. The first-order valence-electron chi connectivity index (χ1n) is 13.4. The molecule has 2 N–H and O–H groups in total. The zero-order chi connectivity index (χ0) is 30.4. The number of amides is 2. The molecule has 0 spiro atoms. The van der Waals surface area contributed by atoms with Crippen molar-refractivity contribution in [3.63, 3.8) is 0 Å². The SMILES string of the molecule is COc1cc2cc(Oc3ccc(NC(=O)Nc4cccc(C(F)(F)F)c4)cc3)c(C)nc2cc1OCCc1ccccc1. The smallest absolute Gasteiger partial charge is 0.416 e. The Morgan fingerprint density at radius 3 is 2.26 bits per heavy atom. The fourth-order valence-corrected chi connectivity index (χ4v) is 4.36. The van der Waals surface area contributed by atoms with Crippen molar-refractivity contribution in [2.45, 2.75) is 19.5 Å². The number of urea groups is 1. The Kier molecular flexibility index (Phi) is 8.66. The number of halogens is 3. The molecular weight excluding hydrogens is 559 g/mol. The van der Waals surface area contributed by atoms with Crippen LogP contribution >= 0.6 is 0 Å². The maximum atomic E-state index is 12.9. The number of rotatable bonds is 9. The molecule has 0 unspecified atom stereocenters. The van der Waals surface area contributed by atoms with Crippen LogP contribution in [0.4, 0.5) is 29.3 Å². The third kappa shape index (κ3) is 7.53. The molecule has 0 radical (unpaired) electrons. The Labute approximate surface area is 246 Å². The highest BCUT2D eigenvalue weighted by molar-refractivity contribution is 5.99. The van der Waals surface area contributed by atoms with Crippen molar-refractivity contribution in [1.82, 2.24) is 4.98 Å². The molecule has 2 amide bonds. The van der Waals surface area contributed by atoms with Gasteiger partial charge in [0, 0.05) is 29.2 Å². The second-order valence-corrected chi connectivity index (χ2v) is 9.64. The van der Waals surface area contributed by atoms with Crippen LogP contribution in [0.15, 0.2) is 97.1 Å². The summed E-state index contributed by atoms with van der Waals surface area (Å²) >= 11 is 0. The number of alkyl halides is 3. The van der Waals surface area contributed by atoms with E-state index >= 15 is 0 Å². The van der Waals surface area contributed by atoms with Crippen LogP contribution in [-0.4, -0.2) is 24.7 Å². The Balaban J connectivity index is 1.23. The average molecular weight is 588 g/mol. The summed E-state index contributed by atoms with van der Waals surface area (Å²) < 4.78 is 56.5. The molecule has 4 aromatic carbocycles. The number of methoxy groups -OCH3 is 1. The summed E-state index contributed by atoms with van der Waals surface area (Å²) in [4.78, 5) is 17.0. The minimum absolute atomic E-state index is 0.0223. The number of carbonyl (C=O) groups is 1. The van der Waals surface area contributed by atoms with Crippen LogP contribution < -0.4 is 24.8 Å². The largest absolute Gasteiger partial charge is 0.493 e. The van der Waals surface area contributed by atoms with Crippen molar-refractivity contribution in [1.29, 1.82) is 0 Å². The van der Waals surface area contributed by atoms with Gasteiger partial charge in [0.1, 0.15) is 11.5 Å². The zero-order valence-electron chi connectivity index (χ0n) is 23.4. The number of nitrogens with zero attached hydrogens (tertiary/aromatic N) is 1. The van der Waals surface area contributed by atoms with E-state index in [9.17, 15) is 18.0 Å². The number of ether oxygens (including phenoxy) is 3. The molecule has 5 aromatic rings. The van der Waals surface area contributed by atoms with Gasteiger partial charge < -0.3 is 24.8 Å². The molecule has 0 atom stereocenters. The van der Waals surface area contributed by atoms with E-state index in [-0.39, 0.29) is 5.69 Å². The molecule has 1 aromatic heterocycles. The van der Waals surface area contributed by atoms with Crippen LogP contribution in [0.1, 0.15) is 16.8 Å². The predicted molar refractivity (Wildman–Crippen MR) is 159 cm³/mol. The van der Waals surface area contributed by atoms with Crippen LogP contribution in [0.25, 0.3) is 10.9 Å². The Hall–Kier alpha value is -5.25. The Morgan fingerprint density at radius 1 is 0.814 bits per heavy atom. The highest BCUT2D eigenvalue weighted by Gasteiger charge is 2.30. The number of benzene rings is 4. The molecule has 0 aliphatic carbocycles. The average Bonchev–Trinajstić information content (AvgIpc) is 2.98. The molecule has 43 heavy (non-hydrogen) atoms. The fraction of sp³-hybridized carbons (Fsp3) is 0.152. The molecule has 1 heterocycles. The quantitative estimate of drug-likeness (QED) is 0.180. The summed E-state index contributed by atoms with van der Waals surface area (Å²) in [6.45, 7) is 2.33. The highest BCUT2D eigenvalue weighted by Crippen LogP contribution is 2.35. The molecule has 5 rings (SSSR count). The number of pyridine rings is 1. The number of hydrogen-bond donors (Lipinski definition) is 2. The van der Waals surface area contributed by atoms with Gasteiger partial charge in [-0.3, -0.25) is 0 Å². The fourth-order valence-electron chi connectivity index (χ4n) is 4.36. The lowest BCUT2D eigenvalue weighted by Crippen LogP contribution is -2.19. The van der Waals surface area contributed by atoms with Crippen LogP contribution in [0.2, 0.25) is 0 Å². The lowest BCUT2D eigenvalue weighted by molar-refractivity contribution is -0.137. The van der Waals surface area contributed by atoms with Gasteiger partial charge in [-0.05, 0) is 67.1 Å². The van der Waals surface area contributed by atoms with Gasteiger partial charge in [0.15, 0.2) is 11.5 Å². The molecule has 220 valence electrons. The number of carbonyl (C=O) groups excluding carboxylic acids is 1. The minimum atomic E-state index is -4.50. The predicted octanol–water partition coefficient (Wildman–Crippen LogP) is 8.63. The van der Waals surface area contributed by atoms with Gasteiger partial charge in [0.05, 0.1) is 30.5 Å². The van der Waals surface area contributed by atoms with Crippen molar-refractivity contribution >= 4 is 28.3 Å². The molecule has 0 bridgehead atoms. The Bertz CT molecular complexity index is 1730. The number of aryl methyl sites for hydroxylation is 1. The summed E-state index contributed by atoms with van der Waals surface area (Å²) in [6, 6.07) is 25.9. The van der Waals surface area contributed by atoms with Crippen LogP contribution in [0.3, 0.4) is 0 Å². The van der Waals surface area contributed by atoms with Gasteiger partial charge in [-0.25, -0.2) is 9.78 Å². The number of fused-ring (bicyclic) bond motifs is 1. The topological polar surface area (TPSA) is 81.7 Å². The molecule has 0 aliphatic heterocycles. The van der Waals surface area contributed by atoms with Crippen molar-refractivity contribution in [2.24, 2.45) is 0 Å². The third-order valence-corrected chi connectivity index (χ3v) is 6.52. The Morgan fingerprint density at radius 2 is 1.53 bits per heavy atom.